The van der Waals surface area contributed by atoms with Crippen molar-refractivity contribution in [3.05, 3.63) is 64.2 Å². The van der Waals surface area contributed by atoms with E-state index in [1.165, 1.54) is 14.0 Å². The van der Waals surface area contributed by atoms with Crippen molar-refractivity contribution < 1.29 is 39.1 Å². The summed E-state index contributed by atoms with van der Waals surface area (Å²) in [5, 5.41) is 31.4. The molecule has 0 saturated carbocycles. The second-order valence-electron chi connectivity index (χ2n) is 10.5. The third-order valence-corrected chi connectivity index (χ3v) is 10.7. The minimum absolute atomic E-state index is 0.0101. The number of hydrogen-bond acceptors (Lipinski definition) is 10. The number of carbonyl (C=O) groups excluding carboxylic acids is 1. The van der Waals surface area contributed by atoms with Gasteiger partial charge in [-0.2, -0.15) is 0 Å². The van der Waals surface area contributed by atoms with Crippen molar-refractivity contribution in [2.75, 3.05) is 33.2 Å². The van der Waals surface area contributed by atoms with Gasteiger partial charge in [0.25, 0.3) is 0 Å². The molecule has 10 heteroatoms. The Kier molecular flexibility index (Phi) is 7.65. The lowest BCUT2D eigenvalue weighted by atomic mass is 9.69. The second-order valence-corrected chi connectivity index (χ2v) is 13.0. The maximum absolute atomic E-state index is 11.9. The van der Waals surface area contributed by atoms with Crippen molar-refractivity contribution in [1.29, 1.82) is 0 Å². The van der Waals surface area contributed by atoms with Gasteiger partial charge in [0.15, 0.2) is 11.5 Å². The van der Waals surface area contributed by atoms with Crippen LogP contribution in [-0.2, 0) is 15.3 Å². The maximum Gasteiger partial charge on any atom is 0.302 e. The number of methoxy groups -OCH3 is 2. The summed E-state index contributed by atoms with van der Waals surface area (Å²) in [6.45, 7) is 1.52. The van der Waals surface area contributed by atoms with E-state index in [1.807, 2.05) is 12.1 Å². The van der Waals surface area contributed by atoms with Crippen molar-refractivity contribution in [2.45, 2.75) is 43.0 Å². The summed E-state index contributed by atoms with van der Waals surface area (Å²) in [7, 11) is 6.53. The molecule has 41 heavy (non-hydrogen) atoms. The van der Waals surface area contributed by atoms with Crippen LogP contribution in [0.5, 0.6) is 28.7 Å². The fourth-order valence-electron chi connectivity index (χ4n) is 6.55. The molecule has 6 rings (SSSR count). The van der Waals surface area contributed by atoms with Gasteiger partial charge in [0, 0.05) is 59.3 Å². The molecule has 0 radical (unpaired) electrons. The highest BCUT2D eigenvalue weighted by molar-refractivity contribution is 8.76. The van der Waals surface area contributed by atoms with Gasteiger partial charge in [0.05, 0.1) is 20.1 Å². The third-order valence-electron chi connectivity index (χ3n) is 8.30. The van der Waals surface area contributed by atoms with Gasteiger partial charge in [-0.3, -0.25) is 4.79 Å². The van der Waals surface area contributed by atoms with Crippen LogP contribution in [0.25, 0.3) is 11.1 Å². The summed E-state index contributed by atoms with van der Waals surface area (Å²) < 4.78 is 23.7. The zero-order chi connectivity index (χ0) is 28.8. The topological polar surface area (TPSA) is 115 Å². The molecule has 0 amide bonds. The molecule has 2 aliphatic heterocycles. The fourth-order valence-corrected chi connectivity index (χ4v) is 9.01. The second kappa shape index (κ2) is 11.2. The lowest BCUT2D eigenvalue weighted by Gasteiger charge is -2.37. The highest BCUT2D eigenvalue weighted by Gasteiger charge is 2.45. The predicted molar refractivity (Wildman–Crippen MR) is 158 cm³/mol. The molecule has 3 aliphatic rings. The Labute approximate surface area is 246 Å². The molecule has 0 fully saturated rings. The first-order valence-corrected chi connectivity index (χ1v) is 16.0. The van der Waals surface area contributed by atoms with Crippen molar-refractivity contribution in [2.24, 2.45) is 0 Å². The van der Waals surface area contributed by atoms with Crippen LogP contribution in [-0.4, -0.2) is 54.5 Å². The van der Waals surface area contributed by atoms with Crippen molar-refractivity contribution in [1.82, 2.24) is 0 Å². The van der Waals surface area contributed by atoms with Gasteiger partial charge in [-0.05, 0) is 47.2 Å². The van der Waals surface area contributed by atoms with Gasteiger partial charge in [0.2, 0.25) is 0 Å². The van der Waals surface area contributed by atoms with E-state index >= 15 is 0 Å². The van der Waals surface area contributed by atoms with Crippen molar-refractivity contribution in [3.8, 4) is 39.9 Å². The van der Waals surface area contributed by atoms with Crippen LogP contribution in [0.2, 0.25) is 0 Å². The first kappa shape index (κ1) is 27.9. The van der Waals surface area contributed by atoms with Crippen molar-refractivity contribution in [3.63, 3.8) is 0 Å². The zero-order valence-electron chi connectivity index (χ0n) is 23.0. The number of benzene rings is 3. The molecular weight excluding hydrogens is 564 g/mol. The first-order valence-electron chi connectivity index (χ1n) is 13.5. The molecule has 3 aromatic carbocycles. The number of aromatic hydroxyl groups is 2. The highest BCUT2D eigenvalue weighted by Crippen LogP contribution is 2.61. The van der Waals surface area contributed by atoms with E-state index in [4.69, 9.17) is 18.9 Å². The maximum atomic E-state index is 11.9. The van der Waals surface area contributed by atoms with Gasteiger partial charge in [-0.15, -0.1) is 0 Å². The number of rotatable bonds is 6. The molecule has 0 spiro atoms. The number of carbonyl (C=O) groups is 1. The number of aliphatic hydroxyl groups is 1. The number of phenolic OH excluding ortho intramolecular Hbond substituents is 2. The number of fused-ring (bicyclic) bond motifs is 5. The quantitative estimate of drug-likeness (QED) is 0.231. The van der Waals surface area contributed by atoms with Gasteiger partial charge < -0.3 is 34.3 Å². The monoisotopic (exact) mass is 596 g/mol. The molecule has 2 bridgehead atoms. The fraction of sp³-hybridized carbons (Fsp3) is 0.387. The van der Waals surface area contributed by atoms with E-state index in [1.54, 1.807) is 46.9 Å². The van der Waals surface area contributed by atoms with E-state index in [0.29, 0.717) is 23.7 Å². The first-order chi connectivity index (χ1) is 19.9. The summed E-state index contributed by atoms with van der Waals surface area (Å²) in [5.41, 5.74) is 6.58. The van der Waals surface area contributed by atoms with Crippen LogP contribution in [0, 0.1) is 0 Å². The van der Waals surface area contributed by atoms with E-state index in [0.717, 1.165) is 50.4 Å². The summed E-state index contributed by atoms with van der Waals surface area (Å²) in [5.74, 6) is 2.42. The normalized spacial score (nSPS) is 22.0. The average Bonchev–Trinajstić information content (AvgIpc) is 3.31. The lowest BCUT2D eigenvalue weighted by molar-refractivity contribution is -0.141. The van der Waals surface area contributed by atoms with Crippen LogP contribution >= 0.6 is 21.6 Å². The van der Waals surface area contributed by atoms with Crippen LogP contribution in [0.3, 0.4) is 0 Å². The smallest absolute Gasteiger partial charge is 0.302 e. The van der Waals surface area contributed by atoms with Crippen LogP contribution in [0.15, 0.2) is 36.4 Å². The largest absolute Gasteiger partial charge is 0.508 e. The van der Waals surface area contributed by atoms with Crippen LogP contribution in [0.4, 0.5) is 0 Å². The van der Waals surface area contributed by atoms with Crippen molar-refractivity contribution >= 4 is 27.6 Å². The molecule has 1 aliphatic carbocycles. The average molecular weight is 597 g/mol. The minimum Gasteiger partial charge on any atom is -0.508 e. The summed E-state index contributed by atoms with van der Waals surface area (Å²) in [6.07, 6.45) is 0.0219. The van der Waals surface area contributed by atoms with Gasteiger partial charge in [0.1, 0.15) is 30.0 Å². The molecule has 3 N–H and O–H groups in total. The van der Waals surface area contributed by atoms with Gasteiger partial charge >= 0.3 is 5.97 Å². The number of aliphatic hydroxyl groups excluding tert-OH is 1. The van der Waals surface area contributed by atoms with E-state index < -0.39 is 6.10 Å². The molecule has 216 valence electrons. The standard InChI is InChI=1S/C31H32O8S2/c1-15(33)38-12-23-19-4-5-20-28-22(9-17(34)10-27(28)37-3)18(6-7-32)24-14-41-40-13-16-8-25(35)26(36-2)11-21(16)30(23)39-31(19)29(20)24/h4-5,8-11,18,23-24,30,32,34-35H,6-7,12-14H2,1-3H3. The Morgan fingerprint density at radius 3 is 2.54 bits per heavy atom. The van der Waals surface area contributed by atoms with E-state index in [-0.39, 0.29) is 48.4 Å². The highest BCUT2D eigenvalue weighted by atomic mass is 33.1. The Morgan fingerprint density at radius 2 is 1.80 bits per heavy atom. The number of hydrogen-bond donors (Lipinski definition) is 3. The Hall–Kier alpha value is -3.21. The van der Waals surface area contributed by atoms with E-state index in [9.17, 15) is 20.1 Å². The Balaban J connectivity index is 1.61. The van der Waals surface area contributed by atoms with Gasteiger partial charge in [-0.25, -0.2) is 0 Å². The van der Waals surface area contributed by atoms with E-state index in [2.05, 4.69) is 6.07 Å². The molecular formula is C31H32O8S2. The number of ether oxygens (including phenoxy) is 4. The third kappa shape index (κ3) is 4.75. The molecule has 3 aromatic rings. The molecule has 8 nitrogen and oxygen atoms in total. The Bertz CT molecular complexity index is 1510. The number of phenols is 2. The Morgan fingerprint density at radius 1 is 1.00 bits per heavy atom. The molecule has 2 heterocycles. The number of esters is 1. The molecule has 4 unspecified atom stereocenters. The summed E-state index contributed by atoms with van der Waals surface area (Å²) in [6, 6.07) is 11.1. The molecule has 4 atom stereocenters. The predicted octanol–water partition coefficient (Wildman–Crippen LogP) is 6.02. The SMILES string of the molecule is COc1cc2c(cc1O)CSSCC1c3c(ccc4c3OC2C4COC(C)=O)-c2c(OC)cc(O)cc2C1CCO. The minimum atomic E-state index is -0.482. The molecule has 0 saturated heterocycles. The van der Waals surface area contributed by atoms with Crippen LogP contribution < -0.4 is 14.2 Å². The lowest BCUT2D eigenvalue weighted by Crippen LogP contribution is -2.22. The zero-order valence-corrected chi connectivity index (χ0v) is 24.6. The van der Waals surface area contributed by atoms with Gasteiger partial charge in [-0.1, -0.05) is 33.7 Å². The van der Waals surface area contributed by atoms with Crippen LogP contribution in [0.1, 0.15) is 65.0 Å². The summed E-state index contributed by atoms with van der Waals surface area (Å²) >= 11 is 0. The molecule has 0 aromatic heterocycles. The summed E-state index contributed by atoms with van der Waals surface area (Å²) in [4.78, 5) is 11.9.